The molecule has 2 N–H and O–H groups in total. The summed E-state index contributed by atoms with van der Waals surface area (Å²) in [4.78, 5) is 25.3. The van der Waals surface area contributed by atoms with Gasteiger partial charge in [0.15, 0.2) is 5.30 Å². The maximum absolute atomic E-state index is 12.0. The number of hydrogen-bond donors (Lipinski definition) is 2. The minimum absolute atomic E-state index is 0.122. The van der Waals surface area contributed by atoms with Crippen molar-refractivity contribution in [3.8, 4) is 0 Å². The summed E-state index contributed by atoms with van der Waals surface area (Å²) in [6.45, 7) is 8.24. The fourth-order valence-electron chi connectivity index (χ4n) is 2.56. The number of nitrogens with one attached hydrogen (secondary N) is 2. The fourth-order valence-corrected chi connectivity index (χ4v) is 3.41. The van der Waals surface area contributed by atoms with Gasteiger partial charge < -0.3 is 20.4 Å². The van der Waals surface area contributed by atoms with Crippen LogP contribution in [0.1, 0.15) is 17.3 Å². The van der Waals surface area contributed by atoms with Crippen LogP contribution in [0.4, 0.5) is 5.69 Å². The number of nitrogens with zero attached hydrogens (tertiary/aromatic N) is 1. The molecule has 8 heteroatoms. The van der Waals surface area contributed by atoms with Crippen LogP contribution in [0.25, 0.3) is 0 Å². The molecule has 0 saturated carbocycles. The molecule has 1 fully saturated rings. The minimum Gasteiger partial charge on any atom is -0.591 e. The van der Waals surface area contributed by atoms with Crippen LogP contribution in [-0.2, 0) is 4.57 Å². The number of carbonyl (C=O) groups excluding carboxylic acids is 1. The quantitative estimate of drug-likeness (QED) is 0.696. The summed E-state index contributed by atoms with van der Waals surface area (Å²) in [5.74, 6) is -0.350. The van der Waals surface area contributed by atoms with E-state index in [-0.39, 0.29) is 11.2 Å². The second-order valence-electron chi connectivity index (χ2n) is 5.96. The van der Waals surface area contributed by atoms with E-state index < -0.39 is 8.03 Å². The molecule has 1 unspecified atom stereocenters. The summed E-state index contributed by atoms with van der Waals surface area (Å²) in [5.41, 5.74) is 0.938. The summed E-state index contributed by atoms with van der Waals surface area (Å²) in [6, 6.07) is 13.0. The third kappa shape index (κ3) is 7.48. The van der Waals surface area contributed by atoms with Gasteiger partial charge in [-0.1, -0.05) is 39.6 Å². The number of amides is 1. The Morgan fingerprint density at radius 2 is 1.93 bits per heavy atom. The van der Waals surface area contributed by atoms with Crippen molar-refractivity contribution in [2.45, 2.75) is 6.92 Å². The summed E-state index contributed by atoms with van der Waals surface area (Å²) < 4.78 is 11.7. The molecule has 27 heavy (non-hydrogen) atoms. The first kappa shape index (κ1) is 21.7. The lowest BCUT2D eigenvalue weighted by Crippen LogP contribution is -2.43. The molecule has 1 aliphatic heterocycles. The lowest BCUT2D eigenvalue weighted by Gasteiger charge is -2.25. The van der Waals surface area contributed by atoms with Gasteiger partial charge in [0.05, 0.1) is 0 Å². The van der Waals surface area contributed by atoms with Gasteiger partial charge in [0.1, 0.15) is 0 Å². The standard InChI is InChI=1S/C13H9BrNO3P.C6H14N2/c14-10-4-2-5-11(8-10)15-13(16)9-3-1-6-12(7-9)19(17)18;1-2-8-5-3-7-4-6-8/h1-8H,(H,15,16);7H,2-6H2,1H3. The van der Waals surface area contributed by atoms with E-state index in [1.165, 1.54) is 50.9 Å². The Morgan fingerprint density at radius 3 is 2.52 bits per heavy atom. The number of piperazine rings is 1. The van der Waals surface area contributed by atoms with E-state index in [2.05, 4.69) is 38.4 Å². The highest BCUT2D eigenvalue weighted by Crippen LogP contribution is 2.17. The molecule has 1 aliphatic rings. The average molecular weight is 452 g/mol. The molecule has 1 atom stereocenters. The Balaban J connectivity index is 0.000000273. The number of halogens is 1. The van der Waals surface area contributed by atoms with Crippen molar-refractivity contribution < 1.29 is 14.3 Å². The van der Waals surface area contributed by atoms with Crippen molar-refractivity contribution in [1.29, 1.82) is 0 Å². The van der Waals surface area contributed by atoms with E-state index in [9.17, 15) is 14.3 Å². The molecule has 144 valence electrons. The molecule has 0 spiro atoms. The molecule has 0 radical (unpaired) electrons. The van der Waals surface area contributed by atoms with Crippen molar-refractivity contribution >= 4 is 40.9 Å². The first-order valence-electron chi connectivity index (χ1n) is 8.74. The first-order valence-corrected chi connectivity index (χ1v) is 10.7. The molecule has 0 bridgehead atoms. The number of carbonyl (C=O) groups is 1. The predicted molar refractivity (Wildman–Crippen MR) is 111 cm³/mol. The van der Waals surface area contributed by atoms with Gasteiger partial charge in [0.25, 0.3) is 5.91 Å². The third-order valence-electron chi connectivity index (χ3n) is 4.06. The number of rotatable bonds is 4. The van der Waals surface area contributed by atoms with Gasteiger partial charge >= 0.3 is 8.03 Å². The van der Waals surface area contributed by atoms with Crippen molar-refractivity contribution in [2.75, 3.05) is 38.0 Å². The Kier molecular flexibility index (Phi) is 9.04. The van der Waals surface area contributed by atoms with Gasteiger partial charge in [-0.2, -0.15) is 0 Å². The third-order valence-corrected chi connectivity index (χ3v) is 5.25. The number of anilines is 1. The lowest BCUT2D eigenvalue weighted by atomic mass is 10.2. The zero-order valence-corrected chi connectivity index (χ0v) is 17.6. The van der Waals surface area contributed by atoms with Crippen LogP contribution in [0.3, 0.4) is 0 Å². The minimum atomic E-state index is -2.69. The zero-order chi connectivity index (χ0) is 19.6. The van der Waals surface area contributed by atoms with Gasteiger partial charge in [-0.05, 0) is 36.9 Å². The summed E-state index contributed by atoms with van der Waals surface area (Å²) in [7, 11) is -2.69. The van der Waals surface area contributed by atoms with Gasteiger partial charge in [-0.15, -0.1) is 0 Å². The van der Waals surface area contributed by atoms with Crippen LogP contribution in [0.2, 0.25) is 0 Å². The van der Waals surface area contributed by atoms with E-state index in [0.29, 0.717) is 11.3 Å². The largest absolute Gasteiger partial charge is 0.591 e. The summed E-state index contributed by atoms with van der Waals surface area (Å²) in [6.07, 6.45) is 0. The van der Waals surface area contributed by atoms with E-state index in [0.717, 1.165) is 4.47 Å². The number of benzene rings is 2. The van der Waals surface area contributed by atoms with Crippen molar-refractivity contribution in [1.82, 2.24) is 10.2 Å². The highest BCUT2D eigenvalue weighted by molar-refractivity contribution is 9.10. The fraction of sp³-hybridized carbons (Fsp3) is 0.316. The molecule has 0 aromatic heterocycles. The maximum atomic E-state index is 12.0. The molecule has 3 rings (SSSR count). The normalized spacial score (nSPS) is 14.7. The van der Waals surface area contributed by atoms with Crippen molar-refractivity contribution in [3.63, 3.8) is 0 Å². The molecule has 1 saturated heterocycles. The molecule has 2 aromatic rings. The summed E-state index contributed by atoms with van der Waals surface area (Å²) in [5, 5.41) is 6.13. The zero-order valence-electron chi connectivity index (χ0n) is 15.2. The number of hydrogen-bond acceptors (Lipinski definition) is 5. The topological polar surface area (TPSA) is 84.5 Å². The van der Waals surface area contributed by atoms with Gasteiger partial charge in [0, 0.05) is 48.0 Å². The van der Waals surface area contributed by atoms with Gasteiger partial charge in [-0.3, -0.25) is 4.79 Å². The smallest absolute Gasteiger partial charge is 0.348 e. The highest BCUT2D eigenvalue weighted by atomic mass is 79.9. The van der Waals surface area contributed by atoms with Crippen LogP contribution in [-0.4, -0.2) is 43.5 Å². The Bertz CT molecular complexity index is 782. The summed E-state index contributed by atoms with van der Waals surface area (Å²) >= 11 is 3.31. The molecule has 1 amide bonds. The first-order chi connectivity index (χ1) is 13.0. The molecule has 2 aromatic carbocycles. The van der Waals surface area contributed by atoms with Gasteiger partial charge in [-0.25, -0.2) is 0 Å². The van der Waals surface area contributed by atoms with Crippen LogP contribution >= 0.6 is 24.0 Å². The Hall–Kier alpha value is -1.63. The van der Waals surface area contributed by atoms with Gasteiger partial charge in [0.2, 0.25) is 0 Å². The molecule has 6 nitrogen and oxygen atoms in total. The highest BCUT2D eigenvalue weighted by Gasteiger charge is 2.12. The second kappa shape index (κ2) is 11.3. The van der Waals surface area contributed by atoms with E-state index in [4.69, 9.17) is 0 Å². The van der Waals surface area contributed by atoms with E-state index in [1.807, 2.05) is 6.07 Å². The Labute approximate surface area is 169 Å². The van der Waals surface area contributed by atoms with Crippen LogP contribution in [0.5, 0.6) is 0 Å². The molecule has 1 heterocycles. The maximum Gasteiger partial charge on any atom is 0.348 e. The van der Waals surface area contributed by atoms with E-state index in [1.54, 1.807) is 24.3 Å². The Morgan fingerprint density at radius 1 is 1.22 bits per heavy atom. The monoisotopic (exact) mass is 451 g/mol. The predicted octanol–water partition coefficient (Wildman–Crippen LogP) is 2.34. The van der Waals surface area contributed by atoms with Crippen molar-refractivity contribution in [2.24, 2.45) is 0 Å². The van der Waals surface area contributed by atoms with E-state index >= 15 is 0 Å². The number of likely N-dealkylation sites (N-methyl/N-ethyl adjacent to an activating group) is 1. The van der Waals surface area contributed by atoms with Crippen LogP contribution in [0, 0.1) is 0 Å². The van der Waals surface area contributed by atoms with Crippen LogP contribution < -0.4 is 20.8 Å². The SMILES string of the molecule is CCN1CCNCC1.O=C(Nc1cccc(Br)c1)c1cccc([P+](=O)[O-])c1. The average Bonchev–Trinajstić information content (AvgIpc) is 2.69. The van der Waals surface area contributed by atoms with Crippen molar-refractivity contribution in [3.05, 3.63) is 58.6 Å². The molecular formula is C19H23BrN3O3P. The lowest BCUT2D eigenvalue weighted by molar-refractivity contribution is -0.160. The molecular weight excluding hydrogens is 429 g/mol. The van der Waals surface area contributed by atoms with Crippen LogP contribution in [0.15, 0.2) is 53.0 Å². The molecule has 0 aliphatic carbocycles. The second-order valence-corrected chi connectivity index (χ2v) is 7.90.